The zero-order valence-corrected chi connectivity index (χ0v) is 9.69. The highest BCUT2D eigenvalue weighted by Gasteiger charge is 2.14. The van der Waals surface area contributed by atoms with E-state index in [0.29, 0.717) is 5.92 Å². The number of hydrogen-bond donors (Lipinski definition) is 1. The first-order valence-electron chi connectivity index (χ1n) is 6.10. The summed E-state index contributed by atoms with van der Waals surface area (Å²) < 4.78 is 11.0. The number of benzene rings is 1. The van der Waals surface area contributed by atoms with Crippen LogP contribution in [0.2, 0.25) is 0 Å². The van der Waals surface area contributed by atoms with E-state index >= 15 is 0 Å². The van der Waals surface area contributed by atoms with E-state index in [-0.39, 0.29) is 0 Å². The predicted octanol–water partition coefficient (Wildman–Crippen LogP) is 2.21. The Kier molecular flexibility index (Phi) is 2.96. The molecule has 3 rings (SSSR count). The Labute approximate surface area is 99.9 Å². The lowest BCUT2D eigenvalue weighted by atomic mass is 9.99. The third-order valence-electron chi connectivity index (χ3n) is 3.29. The van der Waals surface area contributed by atoms with Crippen LogP contribution in [0.5, 0.6) is 5.75 Å². The van der Waals surface area contributed by atoms with Crippen LogP contribution in [-0.4, -0.2) is 24.9 Å². The van der Waals surface area contributed by atoms with Gasteiger partial charge >= 0.3 is 0 Å². The Morgan fingerprint density at radius 1 is 1.35 bits per heavy atom. The topological polar surface area (TPSA) is 47.3 Å². The quantitative estimate of drug-likeness (QED) is 0.881. The zero-order chi connectivity index (χ0) is 11.5. The third kappa shape index (κ3) is 2.26. The summed E-state index contributed by atoms with van der Waals surface area (Å²) in [5.41, 5.74) is 0.785. The second-order valence-electron chi connectivity index (χ2n) is 4.50. The molecule has 1 N–H and O–H groups in total. The van der Waals surface area contributed by atoms with Crippen LogP contribution in [0.3, 0.4) is 0 Å². The Bertz CT molecular complexity index is 489. The molecule has 1 saturated heterocycles. The van der Waals surface area contributed by atoms with E-state index in [1.807, 2.05) is 18.2 Å². The van der Waals surface area contributed by atoms with E-state index in [1.165, 1.54) is 12.8 Å². The van der Waals surface area contributed by atoms with Crippen molar-refractivity contribution >= 4 is 11.0 Å². The molecule has 17 heavy (non-hydrogen) atoms. The number of aromatic nitrogens is 1. The molecular weight excluding hydrogens is 216 g/mol. The fourth-order valence-corrected chi connectivity index (χ4v) is 2.25. The first-order chi connectivity index (χ1) is 8.43. The molecule has 1 aromatic carbocycles. The Hall–Kier alpha value is -1.55. The fraction of sp³-hybridized carbons (Fsp3) is 0.462. The van der Waals surface area contributed by atoms with Crippen LogP contribution >= 0.6 is 0 Å². The lowest BCUT2D eigenvalue weighted by Crippen LogP contribution is -2.30. The molecule has 0 atom stereocenters. The number of piperidine rings is 1. The van der Waals surface area contributed by atoms with Gasteiger partial charge in [0.15, 0.2) is 5.58 Å². The van der Waals surface area contributed by atoms with Gasteiger partial charge in [0.1, 0.15) is 5.75 Å². The molecule has 0 aliphatic carbocycles. The molecule has 0 bridgehead atoms. The lowest BCUT2D eigenvalue weighted by molar-refractivity contribution is 0.217. The third-order valence-corrected chi connectivity index (χ3v) is 3.29. The number of nitrogens with one attached hydrogen (secondary N) is 1. The van der Waals surface area contributed by atoms with Gasteiger partial charge in [-0.1, -0.05) is 11.2 Å². The van der Waals surface area contributed by atoms with E-state index in [9.17, 15) is 0 Å². The highest BCUT2D eigenvalue weighted by atomic mass is 16.5. The molecule has 2 aromatic rings. The Morgan fingerprint density at radius 2 is 2.24 bits per heavy atom. The van der Waals surface area contributed by atoms with Crippen molar-refractivity contribution < 1.29 is 9.26 Å². The lowest BCUT2D eigenvalue weighted by Gasteiger charge is -2.22. The maximum Gasteiger partial charge on any atom is 0.170 e. The summed E-state index contributed by atoms with van der Waals surface area (Å²) in [5.74, 6) is 1.54. The van der Waals surface area contributed by atoms with E-state index < -0.39 is 0 Å². The van der Waals surface area contributed by atoms with Crippen LogP contribution in [0, 0.1) is 5.92 Å². The maximum atomic E-state index is 5.89. The average Bonchev–Trinajstić information content (AvgIpc) is 2.86. The molecule has 4 heteroatoms. The van der Waals surface area contributed by atoms with Gasteiger partial charge in [-0.2, -0.15) is 0 Å². The van der Waals surface area contributed by atoms with Gasteiger partial charge in [-0.25, -0.2) is 0 Å². The maximum absolute atomic E-state index is 5.89. The fourth-order valence-electron chi connectivity index (χ4n) is 2.25. The smallest absolute Gasteiger partial charge is 0.170 e. The van der Waals surface area contributed by atoms with Gasteiger partial charge in [-0.05, 0) is 44.0 Å². The van der Waals surface area contributed by atoms with Crippen LogP contribution < -0.4 is 10.1 Å². The molecule has 1 aliphatic heterocycles. The first-order valence-corrected chi connectivity index (χ1v) is 6.10. The van der Waals surface area contributed by atoms with Crippen molar-refractivity contribution in [3.05, 3.63) is 24.4 Å². The normalized spacial score (nSPS) is 17.4. The van der Waals surface area contributed by atoms with Crippen LogP contribution in [0.1, 0.15) is 12.8 Å². The van der Waals surface area contributed by atoms with Crippen molar-refractivity contribution in [2.24, 2.45) is 5.92 Å². The van der Waals surface area contributed by atoms with Gasteiger partial charge < -0.3 is 14.6 Å². The zero-order valence-electron chi connectivity index (χ0n) is 9.69. The summed E-state index contributed by atoms with van der Waals surface area (Å²) in [5, 5.41) is 8.11. The van der Waals surface area contributed by atoms with Crippen molar-refractivity contribution in [1.29, 1.82) is 0 Å². The van der Waals surface area contributed by atoms with Crippen molar-refractivity contribution in [2.75, 3.05) is 19.7 Å². The molecule has 1 aromatic heterocycles. The van der Waals surface area contributed by atoms with Gasteiger partial charge in [0.05, 0.1) is 18.2 Å². The summed E-state index contributed by atoms with van der Waals surface area (Å²) in [7, 11) is 0. The Balaban J connectivity index is 1.69. The van der Waals surface area contributed by atoms with Crippen LogP contribution in [0.25, 0.3) is 11.0 Å². The van der Waals surface area contributed by atoms with Gasteiger partial charge in [0, 0.05) is 0 Å². The molecule has 0 spiro atoms. The monoisotopic (exact) mass is 232 g/mol. The number of nitrogens with zero attached hydrogens (tertiary/aromatic N) is 1. The van der Waals surface area contributed by atoms with Crippen LogP contribution in [0.4, 0.5) is 0 Å². The summed E-state index contributed by atoms with van der Waals surface area (Å²) in [6.45, 7) is 2.99. The molecule has 0 amide bonds. The van der Waals surface area contributed by atoms with Gasteiger partial charge in [0.25, 0.3) is 0 Å². The summed E-state index contributed by atoms with van der Waals surface area (Å²) >= 11 is 0. The van der Waals surface area contributed by atoms with Crippen molar-refractivity contribution in [1.82, 2.24) is 10.5 Å². The largest absolute Gasteiger partial charge is 0.492 e. The van der Waals surface area contributed by atoms with E-state index in [4.69, 9.17) is 9.26 Å². The van der Waals surface area contributed by atoms with Crippen LogP contribution in [-0.2, 0) is 0 Å². The predicted molar refractivity (Wildman–Crippen MR) is 65.1 cm³/mol. The Morgan fingerprint density at radius 3 is 3.12 bits per heavy atom. The number of ether oxygens (including phenoxy) is 1. The average molecular weight is 232 g/mol. The minimum absolute atomic E-state index is 0.659. The van der Waals surface area contributed by atoms with Crippen LogP contribution in [0.15, 0.2) is 28.9 Å². The highest BCUT2D eigenvalue weighted by Crippen LogP contribution is 2.26. The highest BCUT2D eigenvalue weighted by molar-refractivity contribution is 5.82. The number of rotatable bonds is 3. The minimum Gasteiger partial charge on any atom is -0.492 e. The van der Waals surface area contributed by atoms with Gasteiger partial charge in [0.2, 0.25) is 0 Å². The minimum atomic E-state index is 0.659. The molecule has 0 unspecified atom stereocenters. The molecule has 0 radical (unpaired) electrons. The summed E-state index contributed by atoms with van der Waals surface area (Å²) in [4.78, 5) is 0. The van der Waals surface area contributed by atoms with E-state index in [2.05, 4.69) is 10.5 Å². The summed E-state index contributed by atoms with van der Waals surface area (Å²) in [6, 6.07) is 5.81. The second kappa shape index (κ2) is 4.75. The summed E-state index contributed by atoms with van der Waals surface area (Å²) in [6.07, 6.45) is 4.10. The molecule has 2 heterocycles. The van der Waals surface area contributed by atoms with Crippen molar-refractivity contribution in [3.8, 4) is 5.75 Å². The molecule has 4 nitrogen and oxygen atoms in total. The molecule has 1 fully saturated rings. The van der Waals surface area contributed by atoms with Crippen molar-refractivity contribution in [3.63, 3.8) is 0 Å². The van der Waals surface area contributed by atoms with Gasteiger partial charge in [-0.3, -0.25) is 0 Å². The van der Waals surface area contributed by atoms with Gasteiger partial charge in [-0.15, -0.1) is 0 Å². The van der Waals surface area contributed by atoms with Crippen molar-refractivity contribution in [2.45, 2.75) is 12.8 Å². The van der Waals surface area contributed by atoms with E-state index in [0.717, 1.165) is 36.4 Å². The standard InChI is InChI=1S/C13H16N2O2/c1-2-12(11-8-15-17-13(11)3-1)16-9-10-4-6-14-7-5-10/h1-3,8,10,14H,4-7,9H2. The second-order valence-corrected chi connectivity index (χ2v) is 4.50. The number of hydrogen-bond acceptors (Lipinski definition) is 4. The SMILES string of the molecule is c1cc(OCC2CCNCC2)c2cnoc2c1. The molecule has 1 aliphatic rings. The molecule has 0 saturated carbocycles. The van der Waals surface area contributed by atoms with E-state index in [1.54, 1.807) is 6.20 Å². The first kappa shape index (κ1) is 10.6. The molecular formula is C13H16N2O2. The molecule has 90 valence electrons. The number of fused-ring (bicyclic) bond motifs is 1.